The molecule has 29 heavy (non-hydrogen) atoms. The minimum absolute atomic E-state index is 0.188. The molecular weight excluding hydrogens is 386 g/mol. The van der Waals surface area contributed by atoms with Gasteiger partial charge in [0.25, 0.3) is 5.56 Å². The van der Waals surface area contributed by atoms with Gasteiger partial charge in [0, 0.05) is 16.8 Å². The Balaban J connectivity index is 2.05. The number of aliphatic imine (C=N–C) groups is 1. The topological polar surface area (TPSA) is 76.4 Å². The van der Waals surface area contributed by atoms with Crippen LogP contribution in [0.1, 0.15) is 58.7 Å². The maximum atomic E-state index is 12.9. The number of para-hydroxylation sites is 1. The molecule has 0 fully saturated rings. The van der Waals surface area contributed by atoms with E-state index in [0.29, 0.717) is 28.4 Å². The third-order valence-corrected chi connectivity index (χ3v) is 6.11. The van der Waals surface area contributed by atoms with E-state index in [-0.39, 0.29) is 17.4 Å². The summed E-state index contributed by atoms with van der Waals surface area (Å²) >= 11 is 1.46. The summed E-state index contributed by atoms with van der Waals surface area (Å²) in [6.07, 6.45) is 1.53. The lowest BCUT2D eigenvalue weighted by Gasteiger charge is -2.04. The normalized spacial score (nSPS) is 11.5. The molecule has 0 amide bonds. The van der Waals surface area contributed by atoms with Crippen molar-refractivity contribution in [3.63, 3.8) is 0 Å². The second kappa shape index (κ2) is 8.61. The maximum absolute atomic E-state index is 12.9. The fourth-order valence-corrected chi connectivity index (χ4v) is 4.34. The molecule has 152 valence electrons. The van der Waals surface area contributed by atoms with Crippen LogP contribution in [-0.2, 0) is 4.74 Å². The van der Waals surface area contributed by atoms with Gasteiger partial charge in [-0.3, -0.25) is 9.89 Å². The molecule has 0 unspecified atom stereocenters. The number of carbonyl (C=O) groups excluding carboxylic acids is 1. The van der Waals surface area contributed by atoms with Crippen molar-refractivity contribution in [1.29, 1.82) is 0 Å². The number of nitrogens with one attached hydrogen (secondary N) is 1. The van der Waals surface area contributed by atoms with Gasteiger partial charge in [-0.2, -0.15) is 0 Å². The van der Waals surface area contributed by atoms with Gasteiger partial charge in [0.15, 0.2) is 0 Å². The molecule has 3 rings (SSSR count). The predicted molar refractivity (Wildman–Crippen MR) is 117 cm³/mol. The minimum atomic E-state index is -0.382. The zero-order chi connectivity index (χ0) is 21.1. The van der Waals surface area contributed by atoms with E-state index in [0.717, 1.165) is 16.1 Å². The average Bonchev–Trinajstić information content (AvgIpc) is 3.17. The predicted octanol–water partition coefficient (Wildman–Crippen LogP) is 4.89. The van der Waals surface area contributed by atoms with E-state index in [4.69, 9.17) is 4.74 Å². The summed E-state index contributed by atoms with van der Waals surface area (Å²) in [4.78, 5) is 31.0. The van der Waals surface area contributed by atoms with Crippen LogP contribution in [0.4, 0.5) is 5.00 Å². The van der Waals surface area contributed by atoms with E-state index in [1.165, 1.54) is 22.2 Å². The molecular formula is C22H25N3O3S. The fraction of sp³-hybridized carbons (Fsp3) is 0.318. The molecule has 2 aromatic heterocycles. The van der Waals surface area contributed by atoms with Crippen molar-refractivity contribution < 1.29 is 9.53 Å². The van der Waals surface area contributed by atoms with Crippen molar-refractivity contribution in [2.45, 2.75) is 40.5 Å². The van der Waals surface area contributed by atoms with Crippen molar-refractivity contribution in [1.82, 2.24) is 9.78 Å². The van der Waals surface area contributed by atoms with Crippen LogP contribution < -0.4 is 5.56 Å². The maximum Gasteiger partial charge on any atom is 0.341 e. The quantitative estimate of drug-likeness (QED) is 0.463. The first-order valence-corrected chi connectivity index (χ1v) is 10.4. The molecule has 0 aliphatic heterocycles. The van der Waals surface area contributed by atoms with Gasteiger partial charge in [0.2, 0.25) is 0 Å². The Morgan fingerprint density at radius 1 is 1.28 bits per heavy atom. The number of H-pyrrole nitrogens is 1. The Bertz CT molecular complexity index is 1100. The number of carbonyl (C=O) groups is 1. The molecule has 1 N–H and O–H groups in total. The van der Waals surface area contributed by atoms with E-state index < -0.39 is 0 Å². The van der Waals surface area contributed by atoms with Crippen molar-refractivity contribution in [3.8, 4) is 5.69 Å². The Hall–Kier alpha value is -2.93. The second-order valence-corrected chi connectivity index (χ2v) is 8.06. The highest BCUT2D eigenvalue weighted by molar-refractivity contribution is 7.16. The second-order valence-electron chi connectivity index (χ2n) is 7.03. The third-order valence-electron chi connectivity index (χ3n) is 4.61. The van der Waals surface area contributed by atoms with Gasteiger partial charge in [0.05, 0.1) is 23.4 Å². The van der Waals surface area contributed by atoms with Gasteiger partial charge in [-0.1, -0.05) is 32.0 Å². The monoisotopic (exact) mass is 411 g/mol. The van der Waals surface area contributed by atoms with Crippen molar-refractivity contribution in [3.05, 3.63) is 67.9 Å². The van der Waals surface area contributed by atoms with Gasteiger partial charge < -0.3 is 4.74 Å². The number of esters is 1. The summed E-state index contributed by atoms with van der Waals surface area (Å²) in [7, 11) is 0. The zero-order valence-corrected chi connectivity index (χ0v) is 18.1. The minimum Gasteiger partial charge on any atom is -0.462 e. The molecule has 0 spiro atoms. The van der Waals surface area contributed by atoms with Crippen LogP contribution in [0.15, 0.2) is 40.1 Å². The van der Waals surface area contributed by atoms with Gasteiger partial charge in [-0.05, 0) is 44.4 Å². The number of benzene rings is 1. The molecule has 0 aliphatic rings. The molecule has 0 radical (unpaired) electrons. The van der Waals surface area contributed by atoms with Gasteiger partial charge in [-0.25, -0.2) is 14.5 Å². The summed E-state index contributed by atoms with van der Waals surface area (Å²) in [5.74, 6) is -0.116. The smallest absolute Gasteiger partial charge is 0.341 e. The fourth-order valence-electron chi connectivity index (χ4n) is 3.19. The molecule has 7 heteroatoms. The Morgan fingerprint density at radius 3 is 2.59 bits per heavy atom. The van der Waals surface area contributed by atoms with Crippen LogP contribution in [-0.4, -0.2) is 28.6 Å². The van der Waals surface area contributed by atoms with Crippen LogP contribution in [0.3, 0.4) is 0 Å². The summed E-state index contributed by atoms with van der Waals surface area (Å²) in [5, 5.41) is 3.65. The SMILES string of the molecule is CCOC(=O)c1c(/N=C/c2c(C)[nH]n(-c3ccccc3)c2=O)sc(C(C)C)c1C. The Kier molecular flexibility index (Phi) is 6.17. The van der Waals surface area contributed by atoms with Gasteiger partial charge in [0.1, 0.15) is 5.00 Å². The highest BCUT2D eigenvalue weighted by Gasteiger charge is 2.23. The number of thiophene rings is 1. The van der Waals surface area contributed by atoms with Crippen molar-refractivity contribution in [2.24, 2.45) is 4.99 Å². The summed E-state index contributed by atoms with van der Waals surface area (Å²) in [6, 6.07) is 9.36. The van der Waals surface area contributed by atoms with E-state index in [1.807, 2.05) is 44.2 Å². The average molecular weight is 412 g/mol. The number of aromatic amines is 1. The molecule has 0 saturated carbocycles. The van der Waals surface area contributed by atoms with E-state index in [9.17, 15) is 9.59 Å². The number of nitrogens with zero attached hydrogens (tertiary/aromatic N) is 2. The number of rotatable bonds is 6. The Labute approximate surface area is 173 Å². The molecule has 6 nitrogen and oxygen atoms in total. The first kappa shape index (κ1) is 20.8. The van der Waals surface area contributed by atoms with Gasteiger partial charge in [-0.15, -0.1) is 11.3 Å². The number of ether oxygens (including phenoxy) is 1. The van der Waals surface area contributed by atoms with Crippen LogP contribution >= 0.6 is 11.3 Å². The highest BCUT2D eigenvalue weighted by atomic mass is 32.1. The lowest BCUT2D eigenvalue weighted by atomic mass is 10.1. The van der Waals surface area contributed by atoms with Crippen LogP contribution in [0.2, 0.25) is 0 Å². The molecule has 0 atom stereocenters. The molecule has 1 aromatic carbocycles. The lowest BCUT2D eigenvalue weighted by molar-refractivity contribution is 0.0527. The molecule has 0 aliphatic carbocycles. The summed E-state index contributed by atoms with van der Waals surface area (Å²) in [6.45, 7) is 9.98. The van der Waals surface area contributed by atoms with Gasteiger partial charge >= 0.3 is 5.97 Å². The molecule has 0 saturated heterocycles. The molecule has 3 aromatic rings. The van der Waals surface area contributed by atoms with E-state index >= 15 is 0 Å². The standard InChI is InChI=1S/C22H25N3O3S/c1-6-28-22(27)18-14(4)19(13(2)3)29-20(18)23-12-17-15(5)24-25(21(17)26)16-10-8-7-9-11-16/h7-13,24H,6H2,1-5H3/b23-12+. The Morgan fingerprint density at radius 2 is 1.97 bits per heavy atom. The molecule has 2 heterocycles. The number of aryl methyl sites for hydroxylation is 1. The first-order valence-electron chi connectivity index (χ1n) is 9.56. The largest absolute Gasteiger partial charge is 0.462 e. The zero-order valence-electron chi connectivity index (χ0n) is 17.3. The summed E-state index contributed by atoms with van der Waals surface area (Å²) < 4.78 is 6.71. The van der Waals surface area contributed by atoms with E-state index in [2.05, 4.69) is 23.9 Å². The number of aromatic nitrogens is 2. The van der Waals surface area contributed by atoms with Crippen LogP contribution in [0.25, 0.3) is 5.69 Å². The summed E-state index contributed by atoms with van der Waals surface area (Å²) in [5.41, 5.74) is 3.10. The first-order chi connectivity index (χ1) is 13.8. The third kappa shape index (κ3) is 4.10. The lowest BCUT2D eigenvalue weighted by Crippen LogP contribution is -2.17. The van der Waals surface area contributed by atoms with Crippen molar-refractivity contribution in [2.75, 3.05) is 6.61 Å². The highest BCUT2D eigenvalue weighted by Crippen LogP contribution is 2.39. The van der Waals surface area contributed by atoms with Crippen LogP contribution in [0, 0.1) is 13.8 Å². The van der Waals surface area contributed by atoms with Crippen molar-refractivity contribution >= 4 is 28.5 Å². The number of hydrogen-bond acceptors (Lipinski definition) is 5. The van der Waals surface area contributed by atoms with Crippen LogP contribution in [0.5, 0.6) is 0 Å². The molecule has 0 bridgehead atoms. The van der Waals surface area contributed by atoms with E-state index in [1.54, 1.807) is 6.92 Å². The number of hydrogen-bond donors (Lipinski definition) is 1.